The average molecular weight is 352 g/mol. The lowest BCUT2D eigenvalue weighted by atomic mass is 9.84. The molecule has 0 spiro atoms. The van der Waals surface area contributed by atoms with Gasteiger partial charge >= 0.3 is 0 Å². The predicted molar refractivity (Wildman–Crippen MR) is 101 cm³/mol. The van der Waals surface area contributed by atoms with Gasteiger partial charge in [-0.05, 0) is 19.4 Å². The third kappa shape index (κ3) is 3.54. The number of carbonyl (C=O) groups is 1. The Morgan fingerprint density at radius 2 is 2.04 bits per heavy atom. The molecule has 0 radical (unpaired) electrons. The number of aromatic amines is 1. The maximum atomic E-state index is 12.5. The zero-order valence-electron chi connectivity index (χ0n) is 15.6. The number of carbonyl (C=O) groups excluding carboxylic acids is 1. The van der Waals surface area contributed by atoms with Crippen molar-refractivity contribution in [1.82, 2.24) is 19.9 Å². The van der Waals surface area contributed by atoms with Crippen LogP contribution in [0.25, 0.3) is 5.65 Å². The molecule has 2 aromatic heterocycles. The summed E-state index contributed by atoms with van der Waals surface area (Å²) in [4.78, 5) is 29.3. The summed E-state index contributed by atoms with van der Waals surface area (Å²) in [6, 6.07) is 10.0. The standard InChI is InChI=1S/C20H24N4O2/c1-13-6-5-7-15(10-13)20(3,4)12-21-18(25)11-16-14(2)23-17-8-9-22-24(17)19(16)26/h5-10,22H,11-12H2,1-4H3,(H,21,25). The highest BCUT2D eigenvalue weighted by Crippen LogP contribution is 2.23. The molecular weight excluding hydrogens is 328 g/mol. The van der Waals surface area contributed by atoms with Crippen LogP contribution >= 0.6 is 0 Å². The van der Waals surface area contributed by atoms with E-state index < -0.39 is 0 Å². The second-order valence-corrected chi connectivity index (χ2v) is 7.34. The molecule has 2 heterocycles. The largest absolute Gasteiger partial charge is 0.355 e. The summed E-state index contributed by atoms with van der Waals surface area (Å²) < 4.78 is 1.35. The Bertz CT molecular complexity index is 1010. The summed E-state index contributed by atoms with van der Waals surface area (Å²) in [5.41, 5.74) is 3.48. The van der Waals surface area contributed by atoms with Crippen LogP contribution in [0.1, 0.15) is 36.2 Å². The molecule has 0 atom stereocenters. The van der Waals surface area contributed by atoms with Crippen molar-refractivity contribution < 1.29 is 4.79 Å². The lowest BCUT2D eigenvalue weighted by Gasteiger charge is -2.26. The molecule has 0 unspecified atom stereocenters. The molecule has 26 heavy (non-hydrogen) atoms. The van der Waals surface area contributed by atoms with Crippen molar-refractivity contribution in [2.24, 2.45) is 0 Å². The van der Waals surface area contributed by atoms with Gasteiger partial charge in [-0.2, -0.15) is 0 Å². The summed E-state index contributed by atoms with van der Waals surface area (Å²) >= 11 is 0. The Balaban J connectivity index is 1.72. The SMILES string of the molecule is Cc1cccc(C(C)(C)CNC(=O)Cc2c(C)nc3cc[nH]n3c2=O)c1. The van der Waals surface area contributed by atoms with Crippen molar-refractivity contribution >= 4 is 11.6 Å². The van der Waals surface area contributed by atoms with Gasteiger partial charge in [0.25, 0.3) is 5.56 Å². The zero-order valence-corrected chi connectivity index (χ0v) is 15.6. The van der Waals surface area contributed by atoms with Crippen molar-refractivity contribution in [3.63, 3.8) is 0 Å². The van der Waals surface area contributed by atoms with Crippen molar-refractivity contribution in [3.8, 4) is 0 Å². The van der Waals surface area contributed by atoms with Crippen molar-refractivity contribution in [1.29, 1.82) is 0 Å². The number of hydrogen-bond donors (Lipinski definition) is 2. The normalized spacial score (nSPS) is 11.7. The highest BCUT2D eigenvalue weighted by molar-refractivity contribution is 5.78. The molecule has 0 fully saturated rings. The molecule has 6 heteroatoms. The van der Waals surface area contributed by atoms with Gasteiger partial charge in [-0.25, -0.2) is 9.50 Å². The molecule has 1 amide bonds. The first-order valence-corrected chi connectivity index (χ1v) is 8.67. The van der Waals surface area contributed by atoms with Crippen LogP contribution in [0.4, 0.5) is 0 Å². The predicted octanol–water partition coefficient (Wildman–Crippen LogP) is 2.28. The Hall–Kier alpha value is -2.89. The lowest BCUT2D eigenvalue weighted by molar-refractivity contribution is -0.120. The second kappa shape index (κ2) is 6.78. The first-order chi connectivity index (χ1) is 12.3. The van der Waals surface area contributed by atoms with Crippen LogP contribution in [-0.4, -0.2) is 27.0 Å². The maximum absolute atomic E-state index is 12.5. The highest BCUT2D eigenvalue weighted by Gasteiger charge is 2.22. The fourth-order valence-electron chi connectivity index (χ4n) is 3.02. The topological polar surface area (TPSA) is 79.3 Å². The molecule has 0 aliphatic carbocycles. The van der Waals surface area contributed by atoms with Crippen LogP contribution in [0.5, 0.6) is 0 Å². The number of nitrogens with zero attached hydrogens (tertiary/aromatic N) is 2. The number of nitrogens with one attached hydrogen (secondary N) is 2. The number of fused-ring (bicyclic) bond motifs is 1. The molecule has 0 aliphatic heterocycles. The van der Waals surface area contributed by atoms with Crippen LogP contribution in [-0.2, 0) is 16.6 Å². The van der Waals surface area contributed by atoms with E-state index in [-0.39, 0.29) is 23.3 Å². The van der Waals surface area contributed by atoms with Crippen LogP contribution in [0, 0.1) is 13.8 Å². The van der Waals surface area contributed by atoms with Crippen LogP contribution in [0.15, 0.2) is 41.3 Å². The monoisotopic (exact) mass is 352 g/mol. The summed E-state index contributed by atoms with van der Waals surface area (Å²) in [6.45, 7) is 8.49. The van der Waals surface area contributed by atoms with Gasteiger partial charge in [-0.1, -0.05) is 43.7 Å². The Morgan fingerprint density at radius 3 is 2.77 bits per heavy atom. The van der Waals surface area contributed by atoms with E-state index in [0.717, 1.165) is 0 Å². The molecule has 1 aromatic carbocycles. The highest BCUT2D eigenvalue weighted by atomic mass is 16.2. The number of rotatable bonds is 5. The smallest absolute Gasteiger partial charge is 0.276 e. The van der Waals surface area contributed by atoms with Crippen molar-refractivity contribution in [2.45, 2.75) is 39.5 Å². The summed E-state index contributed by atoms with van der Waals surface area (Å²) in [7, 11) is 0. The van der Waals surface area contributed by atoms with E-state index in [1.807, 2.05) is 6.07 Å². The van der Waals surface area contributed by atoms with Crippen LogP contribution in [0.2, 0.25) is 0 Å². The van der Waals surface area contributed by atoms with Gasteiger partial charge in [0.1, 0.15) is 0 Å². The number of aromatic nitrogens is 3. The third-order valence-electron chi connectivity index (χ3n) is 4.71. The minimum absolute atomic E-state index is 0.0174. The molecule has 0 saturated carbocycles. The van der Waals surface area contributed by atoms with E-state index in [0.29, 0.717) is 23.4 Å². The van der Waals surface area contributed by atoms with E-state index in [9.17, 15) is 9.59 Å². The zero-order chi connectivity index (χ0) is 18.9. The minimum Gasteiger partial charge on any atom is -0.355 e. The molecule has 6 nitrogen and oxygen atoms in total. The number of benzene rings is 1. The van der Waals surface area contributed by atoms with Gasteiger partial charge in [0.15, 0.2) is 5.65 Å². The molecule has 3 rings (SSSR count). The van der Waals surface area contributed by atoms with E-state index in [4.69, 9.17) is 0 Å². The first kappa shape index (κ1) is 17.9. The summed E-state index contributed by atoms with van der Waals surface area (Å²) in [5.74, 6) is -0.181. The number of aryl methyl sites for hydroxylation is 2. The molecule has 136 valence electrons. The van der Waals surface area contributed by atoms with Gasteiger partial charge in [-0.15, -0.1) is 0 Å². The van der Waals surface area contributed by atoms with Gasteiger partial charge in [-0.3, -0.25) is 14.7 Å². The summed E-state index contributed by atoms with van der Waals surface area (Å²) in [6.07, 6.45) is 1.67. The Labute approximate surface area is 152 Å². The molecular formula is C20H24N4O2. The number of H-pyrrole nitrogens is 1. The molecule has 0 saturated heterocycles. The number of amides is 1. The third-order valence-corrected chi connectivity index (χ3v) is 4.71. The Morgan fingerprint density at radius 1 is 1.27 bits per heavy atom. The molecule has 0 bridgehead atoms. The van der Waals surface area contributed by atoms with Gasteiger partial charge in [0, 0.05) is 35.5 Å². The van der Waals surface area contributed by atoms with E-state index in [2.05, 4.69) is 54.4 Å². The fourth-order valence-corrected chi connectivity index (χ4v) is 3.02. The first-order valence-electron chi connectivity index (χ1n) is 8.67. The fraction of sp³-hybridized carbons (Fsp3) is 0.350. The minimum atomic E-state index is -0.231. The molecule has 3 aromatic rings. The van der Waals surface area contributed by atoms with Gasteiger partial charge in [0.05, 0.1) is 6.42 Å². The van der Waals surface area contributed by atoms with Crippen LogP contribution in [0.3, 0.4) is 0 Å². The molecule has 2 N–H and O–H groups in total. The quantitative estimate of drug-likeness (QED) is 0.739. The lowest BCUT2D eigenvalue weighted by Crippen LogP contribution is -2.38. The van der Waals surface area contributed by atoms with Gasteiger partial charge in [0.2, 0.25) is 5.91 Å². The van der Waals surface area contributed by atoms with Crippen molar-refractivity contribution in [3.05, 3.63) is 69.3 Å². The van der Waals surface area contributed by atoms with Crippen molar-refractivity contribution in [2.75, 3.05) is 6.54 Å². The van der Waals surface area contributed by atoms with E-state index >= 15 is 0 Å². The average Bonchev–Trinajstić information content (AvgIpc) is 3.05. The van der Waals surface area contributed by atoms with E-state index in [1.165, 1.54) is 15.6 Å². The maximum Gasteiger partial charge on any atom is 0.276 e. The Kier molecular flexibility index (Phi) is 4.68. The molecule has 0 aliphatic rings. The summed E-state index contributed by atoms with van der Waals surface area (Å²) in [5, 5.41) is 5.78. The van der Waals surface area contributed by atoms with Gasteiger partial charge < -0.3 is 5.32 Å². The van der Waals surface area contributed by atoms with E-state index in [1.54, 1.807) is 19.2 Å². The second-order valence-electron chi connectivity index (χ2n) is 7.34. The van der Waals surface area contributed by atoms with Crippen LogP contribution < -0.4 is 10.9 Å². The number of hydrogen-bond acceptors (Lipinski definition) is 3.